The Morgan fingerprint density at radius 1 is 1.08 bits per heavy atom. The molecule has 2 aromatic rings. The smallest absolute Gasteiger partial charge is 0.170 e. The van der Waals surface area contributed by atoms with Gasteiger partial charge < -0.3 is 4.74 Å². The maximum atomic E-state index is 12.4. The number of nitrogens with zero attached hydrogens (tertiary/aromatic N) is 1. The van der Waals surface area contributed by atoms with Crippen molar-refractivity contribution < 1.29 is 9.53 Å². The van der Waals surface area contributed by atoms with E-state index in [1.165, 1.54) is 24.0 Å². The van der Waals surface area contributed by atoms with Gasteiger partial charge in [-0.1, -0.05) is 36.4 Å². The Morgan fingerprint density at radius 3 is 2.79 bits per heavy atom. The van der Waals surface area contributed by atoms with Crippen LogP contribution in [0.25, 0.3) is 0 Å². The van der Waals surface area contributed by atoms with E-state index in [4.69, 9.17) is 4.74 Å². The summed E-state index contributed by atoms with van der Waals surface area (Å²) in [5.41, 5.74) is 3.48. The third kappa shape index (κ3) is 2.19. The van der Waals surface area contributed by atoms with E-state index in [0.29, 0.717) is 12.3 Å². The molecule has 122 valence electrons. The first-order valence-corrected chi connectivity index (χ1v) is 8.84. The third-order valence-corrected chi connectivity index (χ3v) is 5.76. The number of Topliss-reactive ketones (excluding diaryl/α,β-unsaturated/α-hetero) is 1. The molecular weight excluding hydrogens is 298 g/mol. The Bertz CT molecular complexity index is 807. The zero-order chi connectivity index (χ0) is 16.1. The molecule has 0 amide bonds. The highest BCUT2D eigenvalue weighted by Gasteiger charge is 2.50. The fraction of sp³-hybridized carbons (Fsp3) is 0.381. The van der Waals surface area contributed by atoms with Gasteiger partial charge in [0.2, 0.25) is 0 Å². The molecule has 0 radical (unpaired) electrons. The monoisotopic (exact) mass is 319 g/mol. The quantitative estimate of drug-likeness (QED) is 0.849. The van der Waals surface area contributed by atoms with Gasteiger partial charge in [0.1, 0.15) is 11.4 Å². The summed E-state index contributed by atoms with van der Waals surface area (Å²) in [6, 6.07) is 16.5. The number of likely N-dealkylation sites (tertiary alicyclic amines) is 1. The van der Waals surface area contributed by atoms with Crippen LogP contribution in [0.2, 0.25) is 0 Å². The van der Waals surface area contributed by atoms with Crippen LogP contribution in [0, 0.1) is 0 Å². The SMILES string of the molecule is O=C1CC2(CN(CC3CCc4ccccc43)C2)Oc2ccccc21. The van der Waals surface area contributed by atoms with Crippen LogP contribution in [-0.4, -0.2) is 35.9 Å². The Labute approximate surface area is 142 Å². The predicted molar refractivity (Wildman–Crippen MR) is 92.7 cm³/mol. The number of fused-ring (bicyclic) bond motifs is 2. The number of rotatable bonds is 2. The van der Waals surface area contributed by atoms with Gasteiger partial charge in [0, 0.05) is 19.6 Å². The summed E-state index contributed by atoms with van der Waals surface area (Å²) < 4.78 is 6.23. The Morgan fingerprint density at radius 2 is 1.88 bits per heavy atom. The molecule has 1 unspecified atom stereocenters. The molecule has 1 spiro atoms. The van der Waals surface area contributed by atoms with Crippen LogP contribution >= 0.6 is 0 Å². The van der Waals surface area contributed by atoms with Crippen molar-refractivity contribution in [1.29, 1.82) is 0 Å². The molecule has 0 saturated carbocycles. The number of carbonyl (C=O) groups excluding carboxylic acids is 1. The first-order valence-electron chi connectivity index (χ1n) is 8.84. The Hall–Kier alpha value is -2.13. The first kappa shape index (κ1) is 14.2. The van der Waals surface area contributed by atoms with Gasteiger partial charge in [-0.2, -0.15) is 0 Å². The molecule has 1 saturated heterocycles. The first-order chi connectivity index (χ1) is 11.7. The lowest BCUT2D eigenvalue weighted by Crippen LogP contribution is -2.67. The van der Waals surface area contributed by atoms with E-state index in [1.54, 1.807) is 0 Å². The van der Waals surface area contributed by atoms with E-state index < -0.39 is 0 Å². The fourth-order valence-electron chi connectivity index (χ4n) is 4.66. The maximum Gasteiger partial charge on any atom is 0.170 e. The number of para-hydroxylation sites is 1. The van der Waals surface area contributed by atoms with Crippen LogP contribution in [0.4, 0.5) is 0 Å². The van der Waals surface area contributed by atoms with Crippen molar-refractivity contribution in [3.8, 4) is 5.75 Å². The van der Waals surface area contributed by atoms with Gasteiger partial charge in [0.15, 0.2) is 5.78 Å². The molecule has 0 aromatic heterocycles. The van der Waals surface area contributed by atoms with E-state index in [1.807, 2.05) is 24.3 Å². The van der Waals surface area contributed by atoms with E-state index >= 15 is 0 Å². The van der Waals surface area contributed by atoms with Crippen LogP contribution in [0.15, 0.2) is 48.5 Å². The predicted octanol–water partition coefficient (Wildman–Crippen LogP) is 3.44. The third-order valence-electron chi connectivity index (χ3n) is 5.76. The zero-order valence-corrected chi connectivity index (χ0v) is 13.7. The van der Waals surface area contributed by atoms with Gasteiger partial charge in [0.25, 0.3) is 0 Å². The summed E-state index contributed by atoms with van der Waals surface area (Å²) in [6.45, 7) is 2.81. The number of hydrogen-bond donors (Lipinski definition) is 0. The highest BCUT2D eigenvalue weighted by Crippen LogP contribution is 2.41. The molecule has 3 nitrogen and oxygen atoms in total. The number of ether oxygens (including phenoxy) is 1. The van der Waals surface area contributed by atoms with Crippen LogP contribution in [-0.2, 0) is 6.42 Å². The van der Waals surface area contributed by atoms with Crippen molar-refractivity contribution in [2.45, 2.75) is 30.8 Å². The molecule has 2 heterocycles. The molecule has 3 aliphatic rings. The van der Waals surface area contributed by atoms with Crippen molar-refractivity contribution in [3.63, 3.8) is 0 Å². The molecule has 0 N–H and O–H groups in total. The number of aryl methyl sites for hydroxylation is 1. The van der Waals surface area contributed by atoms with Crippen LogP contribution < -0.4 is 4.74 Å². The second-order valence-electron chi connectivity index (χ2n) is 7.49. The Balaban J connectivity index is 1.28. The summed E-state index contributed by atoms with van der Waals surface area (Å²) in [5, 5.41) is 0. The maximum absolute atomic E-state index is 12.4. The van der Waals surface area contributed by atoms with Gasteiger partial charge >= 0.3 is 0 Å². The largest absolute Gasteiger partial charge is 0.483 e. The number of ketones is 1. The highest BCUT2D eigenvalue weighted by atomic mass is 16.5. The van der Waals surface area contributed by atoms with Crippen molar-refractivity contribution in [2.75, 3.05) is 19.6 Å². The molecular formula is C21H21NO2. The molecule has 1 atom stereocenters. The normalized spacial score (nSPS) is 24.2. The Kier molecular flexibility index (Phi) is 3.07. The number of carbonyl (C=O) groups is 1. The lowest BCUT2D eigenvalue weighted by atomic mass is 9.83. The summed E-state index contributed by atoms with van der Waals surface area (Å²) >= 11 is 0. The minimum absolute atomic E-state index is 0.225. The van der Waals surface area contributed by atoms with Gasteiger partial charge in [0.05, 0.1) is 12.0 Å². The van der Waals surface area contributed by atoms with Crippen molar-refractivity contribution in [2.24, 2.45) is 0 Å². The summed E-state index contributed by atoms with van der Waals surface area (Å²) in [7, 11) is 0. The van der Waals surface area contributed by atoms with Crippen molar-refractivity contribution in [3.05, 3.63) is 65.2 Å². The molecule has 2 aliphatic heterocycles. The molecule has 0 bridgehead atoms. The van der Waals surface area contributed by atoms with Gasteiger partial charge in [-0.05, 0) is 42.0 Å². The lowest BCUT2D eigenvalue weighted by molar-refractivity contribution is -0.0828. The minimum Gasteiger partial charge on any atom is -0.483 e. The average molecular weight is 319 g/mol. The van der Waals surface area contributed by atoms with Crippen LogP contribution in [0.3, 0.4) is 0 Å². The standard InChI is InChI=1S/C21H21NO2/c23-19-11-21(24-20-8-4-3-7-18(19)20)13-22(14-21)12-16-10-9-15-5-1-2-6-17(15)16/h1-8,16H,9-14H2. The average Bonchev–Trinajstić information content (AvgIpc) is 2.97. The summed E-state index contributed by atoms with van der Waals surface area (Å²) in [5.74, 6) is 1.62. The molecule has 1 fully saturated rings. The molecule has 24 heavy (non-hydrogen) atoms. The minimum atomic E-state index is -0.288. The van der Waals surface area contributed by atoms with Crippen molar-refractivity contribution >= 4 is 5.78 Å². The van der Waals surface area contributed by atoms with Crippen LogP contribution in [0.1, 0.15) is 40.2 Å². The molecule has 5 rings (SSSR count). The number of hydrogen-bond acceptors (Lipinski definition) is 3. The highest BCUT2D eigenvalue weighted by molar-refractivity contribution is 6.00. The van der Waals surface area contributed by atoms with Gasteiger partial charge in [-0.3, -0.25) is 9.69 Å². The van der Waals surface area contributed by atoms with Crippen LogP contribution in [0.5, 0.6) is 5.75 Å². The van der Waals surface area contributed by atoms with E-state index in [9.17, 15) is 4.79 Å². The summed E-state index contributed by atoms with van der Waals surface area (Å²) in [6.07, 6.45) is 2.95. The zero-order valence-electron chi connectivity index (χ0n) is 13.7. The molecule has 3 heteroatoms. The van der Waals surface area contributed by atoms with E-state index in [2.05, 4.69) is 29.2 Å². The second kappa shape index (κ2) is 5.18. The topological polar surface area (TPSA) is 29.5 Å². The molecule has 1 aliphatic carbocycles. The lowest BCUT2D eigenvalue weighted by Gasteiger charge is -2.52. The van der Waals surface area contributed by atoms with E-state index in [-0.39, 0.29) is 11.4 Å². The number of benzene rings is 2. The van der Waals surface area contributed by atoms with Gasteiger partial charge in [-0.25, -0.2) is 0 Å². The molecule has 2 aromatic carbocycles. The second-order valence-corrected chi connectivity index (χ2v) is 7.49. The van der Waals surface area contributed by atoms with Gasteiger partial charge in [-0.15, -0.1) is 0 Å². The van der Waals surface area contributed by atoms with E-state index in [0.717, 1.165) is 30.9 Å². The summed E-state index contributed by atoms with van der Waals surface area (Å²) in [4.78, 5) is 14.9. The van der Waals surface area contributed by atoms with Crippen molar-refractivity contribution in [1.82, 2.24) is 4.90 Å². The fourth-order valence-corrected chi connectivity index (χ4v) is 4.66.